The first-order valence-corrected chi connectivity index (χ1v) is 5.19. The standard InChI is InChI=1S/C13H16O3/c1-13(2,10-14)8-12(15)16-9-11-6-4-3-5-7-11/h3-7,10H,8-9H2,1-2H3. The van der Waals surface area contributed by atoms with Gasteiger partial charge in [-0.15, -0.1) is 0 Å². The third-order valence-corrected chi connectivity index (χ3v) is 2.16. The third-order valence-electron chi connectivity index (χ3n) is 2.16. The molecule has 3 nitrogen and oxygen atoms in total. The number of carbonyl (C=O) groups excluding carboxylic acids is 2. The summed E-state index contributed by atoms with van der Waals surface area (Å²) in [5.74, 6) is -0.346. The molecule has 0 amide bonds. The van der Waals surface area contributed by atoms with Gasteiger partial charge in [-0.2, -0.15) is 0 Å². The van der Waals surface area contributed by atoms with Crippen LogP contribution in [0.5, 0.6) is 0 Å². The van der Waals surface area contributed by atoms with Crippen LogP contribution in [0.4, 0.5) is 0 Å². The van der Waals surface area contributed by atoms with Crippen molar-refractivity contribution in [1.29, 1.82) is 0 Å². The molecule has 1 aromatic carbocycles. The second-order valence-corrected chi connectivity index (χ2v) is 4.43. The molecule has 0 saturated heterocycles. The van der Waals surface area contributed by atoms with Crippen LogP contribution >= 0.6 is 0 Å². The summed E-state index contributed by atoms with van der Waals surface area (Å²) in [5.41, 5.74) is 0.299. The van der Waals surface area contributed by atoms with E-state index in [0.29, 0.717) is 0 Å². The normalized spacial score (nSPS) is 10.9. The zero-order valence-corrected chi connectivity index (χ0v) is 9.60. The molecule has 1 aromatic rings. The Kier molecular flexibility index (Phi) is 4.23. The van der Waals surface area contributed by atoms with Crippen molar-refractivity contribution in [2.45, 2.75) is 26.9 Å². The Morgan fingerprint density at radius 1 is 1.31 bits per heavy atom. The highest BCUT2D eigenvalue weighted by atomic mass is 16.5. The van der Waals surface area contributed by atoms with Crippen LogP contribution in [0.1, 0.15) is 25.8 Å². The maximum absolute atomic E-state index is 11.4. The van der Waals surface area contributed by atoms with E-state index in [1.807, 2.05) is 30.3 Å². The fourth-order valence-corrected chi connectivity index (χ4v) is 1.20. The molecule has 16 heavy (non-hydrogen) atoms. The zero-order chi connectivity index (χ0) is 12.0. The van der Waals surface area contributed by atoms with E-state index in [4.69, 9.17) is 4.74 Å². The van der Waals surface area contributed by atoms with Crippen molar-refractivity contribution >= 4 is 12.3 Å². The third kappa shape index (κ3) is 4.26. The fourth-order valence-electron chi connectivity index (χ4n) is 1.20. The summed E-state index contributed by atoms with van der Waals surface area (Å²) >= 11 is 0. The van der Waals surface area contributed by atoms with Crippen molar-refractivity contribution in [1.82, 2.24) is 0 Å². The van der Waals surface area contributed by atoms with E-state index < -0.39 is 5.41 Å². The molecule has 0 aliphatic rings. The molecule has 0 atom stereocenters. The van der Waals surface area contributed by atoms with Crippen molar-refractivity contribution in [3.63, 3.8) is 0 Å². The van der Waals surface area contributed by atoms with Gasteiger partial charge in [-0.1, -0.05) is 44.2 Å². The summed E-state index contributed by atoms with van der Waals surface area (Å²) in [6, 6.07) is 9.45. The lowest BCUT2D eigenvalue weighted by atomic mass is 9.92. The monoisotopic (exact) mass is 220 g/mol. The first-order valence-electron chi connectivity index (χ1n) is 5.19. The zero-order valence-electron chi connectivity index (χ0n) is 9.60. The molecule has 86 valence electrons. The summed E-state index contributed by atoms with van der Waals surface area (Å²) in [6.45, 7) is 3.68. The van der Waals surface area contributed by atoms with Gasteiger partial charge >= 0.3 is 5.97 Å². The van der Waals surface area contributed by atoms with E-state index in [1.165, 1.54) is 0 Å². The lowest BCUT2D eigenvalue weighted by molar-refractivity contribution is -0.148. The number of esters is 1. The van der Waals surface area contributed by atoms with Gasteiger partial charge in [-0.3, -0.25) is 4.79 Å². The first kappa shape index (κ1) is 12.4. The molecule has 0 fully saturated rings. The van der Waals surface area contributed by atoms with Crippen LogP contribution in [0.3, 0.4) is 0 Å². The molecule has 0 N–H and O–H groups in total. The van der Waals surface area contributed by atoms with E-state index in [1.54, 1.807) is 13.8 Å². The lowest BCUT2D eigenvalue weighted by Gasteiger charge is -2.15. The predicted molar refractivity (Wildman–Crippen MR) is 60.7 cm³/mol. The van der Waals surface area contributed by atoms with E-state index in [0.717, 1.165) is 11.8 Å². The Bertz CT molecular complexity index is 355. The maximum atomic E-state index is 11.4. The van der Waals surface area contributed by atoms with Crippen LogP contribution in [0, 0.1) is 5.41 Å². The Balaban J connectivity index is 2.39. The molecule has 0 unspecified atom stereocenters. The predicted octanol–water partition coefficient (Wildman–Crippen LogP) is 2.35. The summed E-state index contributed by atoms with van der Waals surface area (Å²) in [5, 5.41) is 0. The molecular formula is C13H16O3. The van der Waals surface area contributed by atoms with Gasteiger partial charge in [0.1, 0.15) is 12.9 Å². The second-order valence-electron chi connectivity index (χ2n) is 4.43. The highest BCUT2D eigenvalue weighted by molar-refractivity contribution is 5.75. The van der Waals surface area contributed by atoms with E-state index in [-0.39, 0.29) is 19.0 Å². The van der Waals surface area contributed by atoms with Crippen LogP contribution in [0.15, 0.2) is 30.3 Å². The van der Waals surface area contributed by atoms with Gasteiger partial charge in [0.15, 0.2) is 0 Å². The topological polar surface area (TPSA) is 43.4 Å². The molecule has 1 rings (SSSR count). The van der Waals surface area contributed by atoms with Crippen LogP contribution in [0.25, 0.3) is 0 Å². The minimum atomic E-state index is -0.645. The second kappa shape index (κ2) is 5.45. The Morgan fingerprint density at radius 2 is 1.94 bits per heavy atom. The van der Waals surface area contributed by atoms with E-state index >= 15 is 0 Å². The van der Waals surface area contributed by atoms with Crippen molar-refractivity contribution in [2.75, 3.05) is 0 Å². The molecular weight excluding hydrogens is 204 g/mol. The van der Waals surface area contributed by atoms with Crippen molar-refractivity contribution < 1.29 is 14.3 Å². The van der Waals surface area contributed by atoms with Gasteiger partial charge in [0.05, 0.1) is 6.42 Å². The minimum absolute atomic E-state index is 0.114. The fraction of sp³-hybridized carbons (Fsp3) is 0.385. The number of aldehydes is 1. The Labute approximate surface area is 95.4 Å². The SMILES string of the molecule is CC(C)(C=O)CC(=O)OCc1ccccc1. The van der Waals surface area contributed by atoms with E-state index in [2.05, 4.69) is 0 Å². The summed E-state index contributed by atoms with van der Waals surface area (Å²) in [7, 11) is 0. The number of rotatable bonds is 5. The van der Waals surface area contributed by atoms with E-state index in [9.17, 15) is 9.59 Å². The minimum Gasteiger partial charge on any atom is -0.461 e. The smallest absolute Gasteiger partial charge is 0.307 e. The molecule has 0 aliphatic heterocycles. The Morgan fingerprint density at radius 3 is 2.50 bits per heavy atom. The number of hydrogen-bond donors (Lipinski definition) is 0. The molecule has 0 aromatic heterocycles. The average molecular weight is 220 g/mol. The number of ether oxygens (including phenoxy) is 1. The molecule has 0 bridgehead atoms. The largest absolute Gasteiger partial charge is 0.461 e. The molecule has 0 aliphatic carbocycles. The van der Waals surface area contributed by atoms with Gasteiger partial charge in [0.25, 0.3) is 0 Å². The highest BCUT2D eigenvalue weighted by Gasteiger charge is 2.21. The van der Waals surface area contributed by atoms with Gasteiger partial charge in [0, 0.05) is 5.41 Å². The van der Waals surface area contributed by atoms with Crippen molar-refractivity contribution in [2.24, 2.45) is 5.41 Å². The molecule has 0 radical (unpaired) electrons. The number of carbonyl (C=O) groups is 2. The molecule has 3 heteroatoms. The van der Waals surface area contributed by atoms with Crippen LogP contribution in [0.2, 0.25) is 0 Å². The van der Waals surface area contributed by atoms with Crippen molar-refractivity contribution in [3.8, 4) is 0 Å². The quantitative estimate of drug-likeness (QED) is 0.565. The van der Waals surface area contributed by atoms with Crippen LogP contribution in [-0.2, 0) is 20.9 Å². The van der Waals surface area contributed by atoms with Crippen LogP contribution in [-0.4, -0.2) is 12.3 Å². The summed E-state index contributed by atoms with van der Waals surface area (Å²) < 4.78 is 5.07. The first-order chi connectivity index (χ1) is 7.53. The van der Waals surface area contributed by atoms with Gasteiger partial charge in [-0.05, 0) is 5.56 Å². The van der Waals surface area contributed by atoms with Gasteiger partial charge in [-0.25, -0.2) is 0 Å². The molecule has 0 spiro atoms. The Hall–Kier alpha value is -1.64. The highest BCUT2D eigenvalue weighted by Crippen LogP contribution is 2.17. The van der Waals surface area contributed by atoms with Gasteiger partial charge < -0.3 is 9.53 Å². The molecule has 0 saturated carbocycles. The number of hydrogen-bond acceptors (Lipinski definition) is 3. The van der Waals surface area contributed by atoms with Crippen molar-refractivity contribution in [3.05, 3.63) is 35.9 Å². The maximum Gasteiger partial charge on any atom is 0.307 e. The average Bonchev–Trinajstić information content (AvgIpc) is 2.27. The number of benzene rings is 1. The van der Waals surface area contributed by atoms with Gasteiger partial charge in [0.2, 0.25) is 0 Å². The summed E-state index contributed by atoms with van der Waals surface area (Å²) in [6.07, 6.45) is 0.889. The molecule has 0 heterocycles. The lowest BCUT2D eigenvalue weighted by Crippen LogP contribution is -2.20. The van der Waals surface area contributed by atoms with Crippen LogP contribution < -0.4 is 0 Å². The summed E-state index contributed by atoms with van der Waals surface area (Å²) in [4.78, 5) is 22.0.